The molecule has 5 N–H and O–H groups in total. The normalized spacial score (nSPS) is 12.6. The average molecular weight is 360 g/mol. The molecule has 0 aromatic carbocycles. The van der Waals surface area contributed by atoms with E-state index in [2.05, 4.69) is 5.32 Å². The fourth-order valence-electron chi connectivity index (χ4n) is 1.04. The number of aliphatic hydroxyl groups excluding tert-OH is 1. The Bertz CT molecular complexity index is 330. The van der Waals surface area contributed by atoms with Crippen molar-refractivity contribution >= 4 is 5.97 Å². The number of nitrogens with two attached hydrogens (primary N) is 1. The van der Waals surface area contributed by atoms with E-state index in [1.807, 2.05) is 0 Å². The van der Waals surface area contributed by atoms with Crippen molar-refractivity contribution < 1.29 is 45.7 Å². The van der Waals surface area contributed by atoms with Gasteiger partial charge >= 0.3 is 24.0 Å². The van der Waals surface area contributed by atoms with Gasteiger partial charge in [-0.05, 0) is 38.9 Å². The Labute approximate surface area is 127 Å². The lowest BCUT2D eigenvalue weighted by molar-refractivity contribution is -0.347. The predicted octanol–water partition coefficient (Wildman–Crippen LogP) is 1.60. The minimum Gasteiger partial charge on any atom is -0.477 e. The molecule has 0 spiro atoms. The lowest BCUT2D eigenvalue weighted by Gasteiger charge is -2.24. The summed E-state index contributed by atoms with van der Waals surface area (Å²) in [5.74, 6) is -16.3. The van der Waals surface area contributed by atoms with Crippen molar-refractivity contribution in [1.82, 2.24) is 5.32 Å². The lowest BCUT2D eigenvalue weighted by Crippen LogP contribution is -2.56. The summed E-state index contributed by atoms with van der Waals surface area (Å²) in [6.07, 6.45) is -3.52. The van der Waals surface area contributed by atoms with E-state index in [9.17, 15) is 35.5 Å². The van der Waals surface area contributed by atoms with Gasteiger partial charge in [-0.1, -0.05) is 0 Å². The van der Waals surface area contributed by atoms with Crippen molar-refractivity contribution in [1.29, 1.82) is 0 Å². The number of alkyl halides is 7. The highest BCUT2D eigenvalue weighted by Crippen LogP contribution is 2.46. The largest absolute Gasteiger partial charge is 0.477 e. The lowest BCUT2D eigenvalue weighted by atomic mass is 10.1. The molecule has 140 valence electrons. The van der Waals surface area contributed by atoms with Crippen molar-refractivity contribution in [3.63, 3.8) is 0 Å². The smallest absolute Gasteiger partial charge is 0.460 e. The molecule has 0 saturated carbocycles. The molecule has 0 heterocycles. The summed E-state index contributed by atoms with van der Waals surface area (Å²) in [4.78, 5) is 9.38. The maximum absolute atomic E-state index is 11.8. The summed E-state index contributed by atoms with van der Waals surface area (Å²) in [7, 11) is 0. The van der Waals surface area contributed by atoms with Crippen LogP contribution in [0.1, 0.15) is 19.3 Å². The van der Waals surface area contributed by atoms with E-state index < -0.39 is 24.0 Å². The number of halogens is 7. The molecule has 0 aliphatic rings. The van der Waals surface area contributed by atoms with Gasteiger partial charge < -0.3 is 21.3 Å². The van der Waals surface area contributed by atoms with Gasteiger partial charge in [0, 0.05) is 6.61 Å². The molecular formula is C11H19F7N2O3. The fourth-order valence-corrected chi connectivity index (χ4v) is 1.04. The minimum absolute atomic E-state index is 0.282. The van der Waals surface area contributed by atoms with Crippen LogP contribution in [0.15, 0.2) is 0 Å². The number of unbranched alkanes of at least 4 members (excludes halogenated alkanes) is 1. The average Bonchev–Trinajstić information content (AvgIpc) is 2.42. The van der Waals surface area contributed by atoms with Crippen LogP contribution in [-0.4, -0.2) is 60.4 Å². The van der Waals surface area contributed by atoms with E-state index in [4.69, 9.17) is 15.9 Å². The molecule has 0 aromatic heterocycles. The molecule has 0 amide bonds. The van der Waals surface area contributed by atoms with Gasteiger partial charge in [0.2, 0.25) is 0 Å². The molecule has 0 fully saturated rings. The zero-order valence-corrected chi connectivity index (χ0v) is 12.0. The number of nitrogens with one attached hydrogen (secondary N) is 1. The van der Waals surface area contributed by atoms with Crippen molar-refractivity contribution in [3.8, 4) is 0 Å². The van der Waals surface area contributed by atoms with Gasteiger partial charge in [-0.25, -0.2) is 4.79 Å². The number of hydrogen-bond acceptors (Lipinski definition) is 4. The molecule has 23 heavy (non-hydrogen) atoms. The number of rotatable bonds is 9. The summed E-state index contributed by atoms with van der Waals surface area (Å²) in [6, 6.07) is 0. The number of hydrogen-bond donors (Lipinski definition) is 4. The molecule has 0 aromatic rings. The van der Waals surface area contributed by atoms with Crippen LogP contribution in [0.4, 0.5) is 30.7 Å². The Kier molecular flexibility index (Phi) is 11.1. The second-order valence-electron chi connectivity index (χ2n) is 4.27. The maximum atomic E-state index is 11.8. The molecule has 0 aliphatic carbocycles. The second kappa shape index (κ2) is 10.6. The van der Waals surface area contributed by atoms with Gasteiger partial charge in [0.05, 0.1) is 0 Å². The first-order valence-electron chi connectivity index (χ1n) is 6.43. The topological polar surface area (TPSA) is 95.6 Å². The van der Waals surface area contributed by atoms with E-state index in [0.717, 1.165) is 38.9 Å². The molecule has 0 aliphatic heterocycles. The van der Waals surface area contributed by atoms with Gasteiger partial charge in [-0.2, -0.15) is 30.7 Å². The summed E-state index contributed by atoms with van der Waals surface area (Å²) in [5, 5.41) is 19.0. The van der Waals surface area contributed by atoms with E-state index in [0.29, 0.717) is 0 Å². The van der Waals surface area contributed by atoms with Crippen LogP contribution in [-0.2, 0) is 4.79 Å². The Hall–Kier alpha value is -1.14. The Morgan fingerprint density at radius 3 is 1.74 bits per heavy atom. The maximum Gasteiger partial charge on any atom is 0.460 e. The Balaban J connectivity index is 0. The molecule has 0 rings (SSSR count). The van der Waals surface area contributed by atoms with E-state index in [1.54, 1.807) is 0 Å². The van der Waals surface area contributed by atoms with Crippen LogP contribution in [0.25, 0.3) is 0 Å². The Morgan fingerprint density at radius 1 is 0.957 bits per heavy atom. The van der Waals surface area contributed by atoms with Crippen LogP contribution in [0.3, 0.4) is 0 Å². The Morgan fingerprint density at radius 2 is 1.43 bits per heavy atom. The monoisotopic (exact) mass is 360 g/mol. The van der Waals surface area contributed by atoms with Crippen molar-refractivity contribution in [2.45, 2.75) is 37.3 Å². The first kappa shape index (κ1) is 24.1. The van der Waals surface area contributed by atoms with Crippen molar-refractivity contribution in [3.05, 3.63) is 0 Å². The highest BCUT2D eigenvalue weighted by atomic mass is 19.4. The molecular weight excluding hydrogens is 341 g/mol. The summed E-state index contributed by atoms with van der Waals surface area (Å²) >= 11 is 0. The number of aliphatic carboxylic acids is 1. The van der Waals surface area contributed by atoms with Gasteiger partial charge in [-0.3, -0.25) is 0 Å². The first-order chi connectivity index (χ1) is 10.4. The molecule has 0 atom stereocenters. The van der Waals surface area contributed by atoms with Crippen LogP contribution in [0.5, 0.6) is 0 Å². The third-order valence-corrected chi connectivity index (χ3v) is 2.34. The van der Waals surface area contributed by atoms with Crippen molar-refractivity contribution in [2.75, 3.05) is 26.2 Å². The number of carboxylic acid groups (broad SMARTS) is 1. The van der Waals surface area contributed by atoms with Gasteiger partial charge in [-0.15, -0.1) is 0 Å². The molecule has 5 nitrogen and oxygen atoms in total. The van der Waals surface area contributed by atoms with E-state index in [1.165, 1.54) is 0 Å². The quantitative estimate of drug-likeness (QED) is 0.370. The fraction of sp³-hybridized carbons (Fsp3) is 0.909. The SMILES string of the molecule is NCCCCNCCCO.O=C(O)C(F)(F)C(F)(F)C(F)(F)F. The van der Waals surface area contributed by atoms with Gasteiger partial charge in [0.15, 0.2) is 0 Å². The number of carboxylic acids is 1. The standard InChI is InChI=1S/C7H18N2O.C4HF7O2/c8-4-1-2-5-9-6-3-7-10;5-2(6,1(12)13)3(7,8)4(9,10)11/h9-10H,1-8H2;(H,12,13). The summed E-state index contributed by atoms with van der Waals surface area (Å²) in [6.45, 7) is 3.00. The van der Waals surface area contributed by atoms with Gasteiger partial charge in [0.25, 0.3) is 0 Å². The van der Waals surface area contributed by atoms with E-state index in [-0.39, 0.29) is 6.61 Å². The van der Waals surface area contributed by atoms with Crippen LogP contribution >= 0.6 is 0 Å². The molecule has 0 saturated heterocycles. The molecule has 0 unspecified atom stereocenters. The van der Waals surface area contributed by atoms with Crippen LogP contribution in [0, 0.1) is 0 Å². The molecule has 12 heteroatoms. The highest BCUT2D eigenvalue weighted by Gasteiger charge is 2.76. The van der Waals surface area contributed by atoms with Crippen LogP contribution < -0.4 is 11.1 Å². The first-order valence-corrected chi connectivity index (χ1v) is 6.43. The highest BCUT2D eigenvalue weighted by molar-refractivity contribution is 5.76. The number of carbonyl (C=O) groups is 1. The number of aliphatic hydroxyl groups is 1. The predicted molar refractivity (Wildman–Crippen MR) is 66.4 cm³/mol. The van der Waals surface area contributed by atoms with Gasteiger partial charge in [0.1, 0.15) is 0 Å². The second-order valence-corrected chi connectivity index (χ2v) is 4.27. The minimum atomic E-state index is -6.60. The third-order valence-electron chi connectivity index (χ3n) is 2.34. The van der Waals surface area contributed by atoms with E-state index >= 15 is 0 Å². The summed E-state index contributed by atoms with van der Waals surface area (Å²) < 4.78 is 80.5. The molecule has 0 bridgehead atoms. The summed E-state index contributed by atoms with van der Waals surface area (Å²) in [5.41, 5.74) is 5.30. The zero-order chi connectivity index (χ0) is 18.7. The van der Waals surface area contributed by atoms with Crippen molar-refractivity contribution in [2.24, 2.45) is 5.73 Å². The third kappa shape index (κ3) is 8.32. The van der Waals surface area contributed by atoms with Crippen LogP contribution in [0.2, 0.25) is 0 Å². The zero-order valence-electron chi connectivity index (χ0n) is 12.0. The molecule has 0 radical (unpaired) electrons.